The van der Waals surface area contributed by atoms with Crippen LogP contribution in [0.15, 0.2) is 42.5 Å². The van der Waals surface area contributed by atoms with Crippen LogP contribution in [0, 0.1) is 0 Å². The van der Waals surface area contributed by atoms with Crippen molar-refractivity contribution in [3.63, 3.8) is 0 Å². The highest BCUT2D eigenvalue weighted by Crippen LogP contribution is 2.25. The molecule has 0 bridgehead atoms. The van der Waals surface area contributed by atoms with Gasteiger partial charge in [0.25, 0.3) is 0 Å². The second-order valence-electron chi connectivity index (χ2n) is 5.71. The minimum Gasteiger partial charge on any atom is -0.490 e. The molecule has 0 unspecified atom stereocenters. The molecule has 4 heteroatoms. The van der Waals surface area contributed by atoms with Crippen LogP contribution in [-0.4, -0.2) is 41.2 Å². The molecule has 0 saturated carbocycles. The maximum atomic E-state index is 11.5. The number of aliphatic hydroxyl groups excluding tert-OH is 1. The van der Waals surface area contributed by atoms with Gasteiger partial charge in [-0.3, -0.25) is 4.79 Å². The molecule has 22 heavy (non-hydrogen) atoms. The first kappa shape index (κ1) is 16.3. The molecule has 0 aromatic heterocycles. The number of rotatable bonds is 6. The van der Waals surface area contributed by atoms with E-state index in [1.165, 1.54) is 6.92 Å². The summed E-state index contributed by atoms with van der Waals surface area (Å²) in [5.74, 6) is 0.704. The average Bonchev–Trinajstić information content (AvgIpc) is 2.49. The van der Waals surface area contributed by atoms with E-state index in [4.69, 9.17) is 4.74 Å². The lowest BCUT2D eigenvalue weighted by Crippen LogP contribution is -2.42. The van der Waals surface area contributed by atoms with Crippen LogP contribution < -0.4 is 4.74 Å². The number of hydrogen-bond acceptors (Lipinski definition) is 3. The Morgan fingerprint density at radius 3 is 2.55 bits per heavy atom. The van der Waals surface area contributed by atoms with E-state index in [0.717, 1.165) is 16.5 Å². The van der Waals surface area contributed by atoms with Crippen molar-refractivity contribution in [3.05, 3.63) is 42.5 Å². The number of hydrogen-bond donors (Lipinski definition) is 1. The highest BCUT2D eigenvalue weighted by molar-refractivity contribution is 5.88. The molecule has 2 aromatic carbocycles. The molecule has 4 nitrogen and oxygen atoms in total. The number of benzene rings is 2. The lowest BCUT2D eigenvalue weighted by Gasteiger charge is -2.27. The Kier molecular flexibility index (Phi) is 5.39. The fourth-order valence-corrected chi connectivity index (χ4v) is 2.49. The van der Waals surface area contributed by atoms with Crippen LogP contribution in [0.4, 0.5) is 0 Å². The summed E-state index contributed by atoms with van der Waals surface area (Å²) in [6.45, 7) is 5.81. The number of fused-ring (bicyclic) bond motifs is 1. The standard InChI is InChI=1S/C18H23NO3/c1-13(2)19(14(3)20)11-16(21)12-22-18-10-6-8-15-7-4-5-9-17(15)18/h4-10,13,16,21H,11-12H2,1-3H3/t16-/m0/s1. The van der Waals surface area contributed by atoms with Crippen LogP contribution in [0.3, 0.4) is 0 Å². The number of ether oxygens (including phenoxy) is 1. The van der Waals surface area contributed by atoms with Gasteiger partial charge in [-0.05, 0) is 25.3 Å². The summed E-state index contributed by atoms with van der Waals surface area (Å²) in [7, 11) is 0. The van der Waals surface area contributed by atoms with Gasteiger partial charge in [0.2, 0.25) is 5.91 Å². The zero-order valence-electron chi connectivity index (χ0n) is 13.3. The molecule has 0 aliphatic carbocycles. The molecule has 0 spiro atoms. The summed E-state index contributed by atoms with van der Waals surface area (Å²) in [5, 5.41) is 12.2. The SMILES string of the molecule is CC(=O)N(C[C@H](O)COc1cccc2ccccc12)C(C)C. The molecular formula is C18H23NO3. The van der Waals surface area contributed by atoms with Crippen molar-refractivity contribution >= 4 is 16.7 Å². The second kappa shape index (κ2) is 7.27. The second-order valence-corrected chi connectivity index (χ2v) is 5.71. The average molecular weight is 301 g/mol. The molecule has 0 saturated heterocycles. The van der Waals surface area contributed by atoms with Crippen molar-refractivity contribution in [2.24, 2.45) is 0 Å². The van der Waals surface area contributed by atoms with Crippen LogP contribution in [0.25, 0.3) is 10.8 Å². The van der Waals surface area contributed by atoms with E-state index in [0.29, 0.717) is 0 Å². The first-order valence-electron chi connectivity index (χ1n) is 7.55. The maximum absolute atomic E-state index is 11.5. The third kappa shape index (κ3) is 3.98. The van der Waals surface area contributed by atoms with Crippen molar-refractivity contribution in [1.82, 2.24) is 4.90 Å². The first-order chi connectivity index (χ1) is 10.5. The Hall–Kier alpha value is -2.07. The Morgan fingerprint density at radius 2 is 1.86 bits per heavy atom. The molecule has 0 aliphatic heterocycles. The highest BCUT2D eigenvalue weighted by atomic mass is 16.5. The van der Waals surface area contributed by atoms with E-state index in [9.17, 15) is 9.90 Å². The molecule has 1 atom stereocenters. The molecule has 2 rings (SSSR count). The summed E-state index contributed by atoms with van der Waals surface area (Å²) in [6.07, 6.45) is -0.717. The van der Waals surface area contributed by atoms with Gasteiger partial charge in [0.05, 0.1) is 6.54 Å². The lowest BCUT2D eigenvalue weighted by molar-refractivity contribution is -0.132. The topological polar surface area (TPSA) is 49.8 Å². The lowest BCUT2D eigenvalue weighted by atomic mass is 10.1. The van der Waals surface area contributed by atoms with Crippen LogP contribution in [0.5, 0.6) is 5.75 Å². The van der Waals surface area contributed by atoms with Gasteiger partial charge in [-0.25, -0.2) is 0 Å². The first-order valence-corrected chi connectivity index (χ1v) is 7.55. The van der Waals surface area contributed by atoms with Crippen LogP contribution in [-0.2, 0) is 4.79 Å². The molecule has 2 aromatic rings. The fourth-order valence-electron chi connectivity index (χ4n) is 2.49. The molecule has 0 radical (unpaired) electrons. The molecule has 0 aliphatic rings. The number of carbonyl (C=O) groups excluding carboxylic acids is 1. The van der Waals surface area contributed by atoms with E-state index in [1.54, 1.807) is 4.90 Å². The van der Waals surface area contributed by atoms with E-state index in [2.05, 4.69) is 0 Å². The third-order valence-corrected chi connectivity index (χ3v) is 3.62. The van der Waals surface area contributed by atoms with Crippen molar-refractivity contribution in [2.75, 3.05) is 13.2 Å². The summed E-state index contributed by atoms with van der Waals surface area (Å²) >= 11 is 0. The van der Waals surface area contributed by atoms with Crippen molar-refractivity contribution in [1.29, 1.82) is 0 Å². The maximum Gasteiger partial charge on any atom is 0.219 e. The van der Waals surface area contributed by atoms with Gasteiger partial charge in [-0.2, -0.15) is 0 Å². The van der Waals surface area contributed by atoms with E-state index in [-0.39, 0.29) is 25.1 Å². The summed E-state index contributed by atoms with van der Waals surface area (Å²) in [6, 6.07) is 13.9. The van der Waals surface area contributed by atoms with Crippen molar-refractivity contribution in [3.8, 4) is 5.75 Å². The zero-order valence-corrected chi connectivity index (χ0v) is 13.3. The number of amides is 1. The normalized spacial score (nSPS) is 12.4. The molecule has 1 N–H and O–H groups in total. The molecule has 0 fully saturated rings. The van der Waals surface area contributed by atoms with E-state index in [1.807, 2.05) is 56.3 Å². The minimum absolute atomic E-state index is 0.0424. The largest absolute Gasteiger partial charge is 0.490 e. The van der Waals surface area contributed by atoms with Crippen LogP contribution in [0.1, 0.15) is 20.8 Å². The van der Waals surface area contributed by atoms with Crippen LogP contribution >= 0.6 is 0 Å². The summed E-state index contributed by atoms with van der Waals surface area (Å²) < 4.78 is 5.75. The number of aliphatic hydroxyl groups is 1. The van der Waals surface area contributed by atoms with Gasteiger partial charge in [0.15, 0.2) is 0 Å². The van der Waals surface area contributed by atoms with Gasteiger partial charge in [0, 0.05) is 18.4 Å². The number of carbonyl (C=O) groups is 1. The molecule has 0 heterocycles. The van der Waals surface area contributed by atoms with Crippen molar-refractivity contribution in [2.45, 2.75) is 32.9 Å². The van der Waals surface area contributed by atoms with E-state index >= 15 is 0 Å². The molecule has 1 amide bonds. The van der Waals surface area contributed by atoms with Gasteiger partial charge in [-0.15, -0.1) is 0 Å². The van der Waals surface area contributed by atoms with Gasteiger partial charge in [0.1, 0.15) is 18.5 Å². The van der Waals surface area contributed by atoms with Gasteiger partial charge < -0.3 is 14.7 Å². The molecular weight excluding hydrogens is 278 g/mol. The Bertz CT molecular complexity index is 634. The minimum atomic E-state index is -0.717. The predicted molar refractivity (Wildman–Crippen MR) is 88.0 cm³/mol. The van der Waals surface area contributed by atoms with Crippen LogP contribution in [0.2, 0.25) is 0 Å². The van der Waals surface area contributed by atoms with Gasteiger partial charge >= 0.3 is 0 Å². The highest BCUT2D eigenvalue weighted by Gasteiger charge is 2.17. The van der Waals surface area contributed by atoms with E-state index < -0.39 is 6.10 Å². The molecule has 118 valence electrons. The monoisotopic (exact) mass is 301 g/mol. The Morgan fingerprint density at radius 1 is 1.18 bits per heavy atom. The summed E-state index contributed by atoms with van der Waals surface area (Å²) in [5.41, 5.74) is 0. The Balaban J connectivity index is 2.01. The van der Waals surface area contributed by atoms with Crippen molar-refractivity contribution < 1.29 is 14.6 Å². The Labute approximate surface area is 131 Å². The third-order valence-electron chi connectivity index (χ3n) is 3.62. The van der Waals surface area contributed by atoms with Gasteiger partial charge in [-0.1, -0.05) is 36.4 Å². The fraction of sp³-hybridized carbons (Fsp3) is 0.389. The number of nitrogens with zero attached hydrogens (tertiary/aromatic N) is 1. The quantitative estimate of drug-likeness (QED) is 0.892. The smallest absolute Gasteiger partial charge is 0.219 e. The predicted octanol–water partition coefficient (Wildman–Crippen LogP) is 2.84. The summed E-state index contributed by atoms with van der Waals surface area (Å²) in [4.78, 5) is 13.2. The zero-order chi connectivity index (χ0) is 16.1.